The maximum Gasteiger partial charge on any atom is 0.188 e. The molecule has 0 bridgehead atoms. The first kappa shape index (κ1) is 15.7. The summed E-state index contributed by atoms with van der Waals surface area (Å²) in [6.07, 6.45) is 1.63. The average molecular weight is 355 g/mol. The minimum atomic E-state index is 0. The van der Waals surface area contributed by atoms with Crippen molar-refractivity contribution < 1.29 is 5.11 Å². The van der Waals surface area contributed by atoms with Crippen LogP contribution in [0.25, 0.3) is 0 Å². The minimum Gasteiger partial charge on any atom is -0.396 e. The van der Waals surface area contributed by atoms with Crippen molar-refractivity contribution in [2.24, 2.45) is 10.7 Å². The molecule has 4 N–H and O–H groups in total. The molecule has 1 heterocycles. The number of nitrogens with zero attached hydrogens (tertiary/aromatic N) is 1. The summed E-state index contributed by atoms with van der Waals surface area (Å²) >= 11 is 1.74. The van der Waals surface area contributed by atoms with Crippen molar-refractivity contribution in [3.05, 3.63) is 22.4 Å². The van der Waals surface area contributed by atoms with Gasteiger partial charge in [-0.2, -0.15) is 0 Å². The standard InChI is InChI=1S/C10H17N3OS.HI/c11-10(12-5-2-7-14)13-6-4-9-3-1-8-15-9;/h1,3,8,14H,2,4-7H2,(H3,11,12,13);1H. The van der Waals surface area contributed by atoms with Crippen LogP contribution < -0.4 is 11.1 Å². The second kappa shape index (κ2) is 9.86. The SMILES string of the molecule is I.NC(=NCCCO)NCCc1cccs1. The Labute approximate surface area is 117 Å². The van der Waals surface area contributed by atoms with E-state index < -0.39 is 0 Å². The van der Waals surface area contributed by atoms with E-state index in [-0.39, 0.29) is 30.6 Å². The number of hydrogen-bond acceptors (Lipinski definition) is 3. The molecular formula is C10H18IN3OS. The predicted molar refractivity (Wildman–Crippen MR) is 79.6 cm³/mol. The summed E-state index contributed by atoms with van der Waals surface area (Å²) in [7, 11) is 0. The molecule has 0 amide bonds. The zero-order valence-corrected chi connectivity index (χ0v) is 12.2. The fraction of sp³-hybridized carbons (Fsp3) is 0.500. The fourth-order valence-corrected chi connectivity index (χ4v) is 1.80. The number of halogens is 1. The fourth-order valence-electron chi connectivity index (χ4n) is 1.09. The molecule has 92 valence electrons. The van der Waals surface area contributed by atoms with Gasteiger partial charge in [-0.05, 0) is 24.3 Å². The van der Waals surface area contributed by atoms with Crippen molar-refractivity contribution in [2.75, 3.05) is 19.7 Å². The summed E-state index contributed by atoms with van der Waals surface area (Å²) in [6, 6.07) is 4.14. The minimum absolute atomic E-state index is 0. The van der Waals surface area contributed by atoms with Crippen LogP contribution in [0, 0.1) is 0 Å². The van der Waals surface area contributed by atoms with E-state index in [1.165, 1.54) is 4.88 Å². The first-order valence-corrected chi connectivity index (χ1v) is 5.88. The molecule has 0 saturated carbocycles. The molecule has 0 aliphatic heterocycles. The molecule has 1 aromatic heterocycles. The lowest BCUT2D eigenvalue weighted by Gasteiger charge is -2.03. The van der Waals surface area contributed by atoms with Crippen LogP contribution in [0.15, 0.2) is 22.5 Å². The number of nitrogens with one attached hydrogen (secondary N) is 1. The lowest BCUT2D eigenvalue weighted by atomic mass is 10.3. The van der Waals surface area contributed by atoms with Gasteiger partial charge in [-0.15, -0.1) is 35.3 Å². The van der Waals surface area contributed by atoms with Crippen LogP contribution in [0.2, 0.25) is 0 Å². The highest BCUT2D eigenvalue weighted by atomic mass is 127. The highest BCUT2D eigenvalue weighted by Gasteiger charge is 1.94. The van der Waals surface area contributed by atoms with Gasteiger partial charge in [0.2, 0.25) is 0 Å². The summed E-state index contributed by atoms with van der Waals surface area (Å²) in [5, 5.41) is 13.6. The van der Waals surface area contributed by atoms with Crippen molar-refractivity contribution in [2.45, 2.75) is 12.8 Å². The molecule has 0 atom stereocenters. The quantitative estimate of drug-likeness (QED) is 0.311. The van der Waals surface area contributed by atoms with Gasteiger partial charge in [0.1, 0.15) is 0 Å². The highest BCUT2D eigenvalue weighted by molar-refractivity contribution is 14.0. The zero-order valence-electron chi connectivity index (χ0n) is 9.06. The molecule has 4 nitrogen and oxygen atoms in total. The summed E-state index contributed by atoms with van der Waals surface area (Å²) in [6.45, 7) is 1.54. The Hall–Kier alpha value is -0.340. The summed E-state index contributed by atoms with van der Waals surface area (Å²) < 4.78 is 0. The van der Waals surface area contributed by atoms with Gasteiger partial charge in [-0.25, -0.2) is 0 Å². The van der Waals surface area contributed by atoms with Crippen LogP contribution in [-0.2, 0) is 6.42 Å². The van der Waals surface area contributed by atoms with E-state index in [9.17, 15) is 0 Å². The van der Waals surface area contributed by atoms with E-state index in [1.54, 1.807) is 11.3 Å². The van der Waals surface area contributed by atoms with Gasteiger partial charge in [0.05, 0.1) is 0 Å². The molecule has 0 fully saturated rings. The summed E-state index contributed by atoms with van der Waals surface area (Å²) in [4.78, 5) is 5.40. The number of hydrogen-bond donors (Lipinski definition) is 3. The number of guanidine groups is 1. The van der Waals surface area contributed by atoms with E-state index in [0.29, 0.717) is 18.9 Å². The van der Waals surface area contributed by atoms with Crippen LogP contribution >= 0.6 is 35.3 Å². The molecule has 1 rings (SSSR count). The smallest absolute Gasteiger partial charge is 0.188 e. The maximum atomic E-state index is 8.55. The highest BCUT2D eigenvalue weighted by Crippen LogP contribution is 2.07. The van der Waals surface area contributed by atoms with Gasteiger partial charge in [0.15, 0.2) is 5.96 Å². The van der Waals surface area contributed by atoms with Crippen molar-refractivity contribution >= 4 is 41.3 Å². The van der Waals surface area contributed by atoms with Gasteiger partial charge in [-0.3, -0.25) is 4.99 Å². The molecule has 16 heavy (non-hydrogen) atoms. The molecule has 0 radical (unpaired) electrons. The third-order valence-corrected chi connectivity index (χ3v) is 2.79. The summed E-state index contributed by atoms with van der Waals surface area (Å²) in [5.74, 6) is 0.458. The Bertz CT molecular complexity index is 290. The second-order valence-corrected chi connectivity index (χ2v) is 4.13. The molecule has 0 unspecified atom stereocenters. The zero-order chi connectivity index (χ0) is 10.9. The number of thiophene rings is 1. The Balaban J connectivity index is 0.00000225. The van der Waals surface area contributed by atoms with Crippen LogP contribution in [0.3, 0.4) is 0 Å². The molecule has 0 saturated heterocycles. The van der Waals surface area contributed by atoms with E-state index >= 15 is 0 Å². The normalized spacial score (nSPS) is 10.9. The number of nitrogens with two attached hydrogens (primary N) is 1. The third-order valence-electron chi connectivity index (χ3n) is 1.86. The Morgan fingerprint density at radius 1 is 1.56 bits per heavy atom. The Kier molecular flexibility index (Phi) is 9.65. The molecular weight excluding hydrogens is 337 g/mol. The molecule has 1 aromatic rings. The van der Waals surface area contributed by atoms with Crippen molar-refractivity contribution in [3.63, 3.8) is 0 Å². The second-order valence-electron chi connectivity index (χ2n) is 3.10. The molecule has 0 aliphatic rings. The Morgan fingerprint density at radius 3 is 3.00 bits per heavy atom. The molecule has 0 spiro atoms. The van der Waals surface area contributed by atoms with E-state index in [4.69, 9.17) is 10.8 Å². The Morgan fingerprint density at radius 2 is 2.38 bits per heavy atom. The van der Waals surface area contributed by atoms with E-state index in [1.807, 2.05) is 6.07 Å². The number of rotatable bonds is 6. The predicted octanol–water partition coefficient (Wildman–Crippen LogP) is 1.20. The van der Waals surface area contributed by atoms with E-state index in [2.05, 4.69) is 21.8 Å². The lowest BCUT2D eigenvalue weighted by molar-refractivity contribution is 0.291. The van der Waals surface area contributed by atoms with Crippen LogP contribution in [0.4, 0.5) is 0 Å². The van der Waals surface area contributed by atoms with E-state index in [0.717, 1.165) is 13.0 Å². The van der Waals surface area contributed by atoms with Gasteiger partial charge in [0, 0.05) is 24.6 Å². The number of aliphatic hydroxyl groups is 1. The van der Waals surface area contributed by atoms with Crippen molar-refractivity contribution in [1.82, 2.24) is 5.32 Å². The molecule has 0 aromatic carbocycles. The first-order valence-electron chi connectivity index (χ1n) is 5.00. The van der Waals surface area contributed by atoms with Crippen LogP contribution in [0.5, 0.6) is 0 Å². The lowest BCUT2D eigenvalue weighted by Crippen LogP contribution is -2.33. The third kappa shape index (κ3) is 7.02. The van der Waals surface area contributed by atoms with Crippen molar-refractivity contribution in [3.8, 4) is 0 Å². The maximum absolute atomic E-state index is 8.55. The monoisotopic (exact) mass is 355 g/mol. The van der Waals surface area contributed by atoms with Crippen molar-refractivity contribution in [1.29, 1.82) is 0 Å². The van der Waals surface area contributed by atoms with Gasteiger partial charge in [0.25, 0.3) is 0 Å². The van der Waals surface area contributed by atoms with Crippen LogP contribution in [0.1, 0.15) is 11.3 Å². The van der Waals surface area contributed by atoms with Gasteiger partial charge < -0.3 is 16.2 Å². The average Bonchev–Trinajstić information content (AvgIpc) is 2.71. The first-order chi connectivity index (χ1) is 7.33. The molecule has 6 heteroatoms. The number of aliphatic hydroxyl groups excluding tert-OH is 1. The van der Waals surface area contributed by atoms with Gasteiger partial charge in [-0.1, -0.05) is 6.07 Å². The molecule has 0 aliphatic carbocycles. The number of aliphatic imine (C=N–C) groups is 1. The van der Waals surface area contributed by atoms with Crippen LogP contribution in [-0.4, -0.2) is 30.8 Å². The largest absolute Gasteiger partial charge is 0.396 e. The summed E-state index contributed by atoms with van der Waals surface area (Å²) in [5.41, 5.74) is 5.61. The van der Waals surface area contributed by atoms with Gasteiger partial charge >= 0.3 is 0 Å². The topological polar surface area (TPSA) is 70.6 Å².